The Morgan fingerprint density at radius 2 is 1.68 bits per heavy atom. The van der Waals surface area contributed by atoms with E-state index >= 15 is 0 Å². The molecule has 44 heavy (non-hydrogen) atoms. The van der Waals surface area contributed by atoms with Crippen molar-refractivity contribution < 1.29 is 43.6 Å². The first-order valence-electron chi connectivity index (χ1n) is 14.3. The maximum atomic E-state index is 13.8. The summed E-state index contributed by atoms with van der Waals surface area (Å²) >= 11 is 1.54. The van der Waals surface area contributed by atoms with Crippen molar-refractivity contribution in [1.82, 2.24) is 15.2 Å². The number of aliphatic hydroxyl groups is 1. The van der Waals surface area contributed by atoms with Crippen LogP contribution in [0.5, 0.6) is 0 Å². The summed E-state index contributed by atoms with van der Waals surface area (Å²) in [5.41, 5.74) is 3.65. The van der Waals surface area contributed by atoms with E-state index in [-0.39, 0.29) is 51.9 Å². The highest BCUT2D eigenvalue weighted by molar-refractivity contribution is 7.13. The summed E-state index contributed by atoms with van der Waals surface area (Å²) in [6.45, 7) is 7.17. The summed E-state index contributed by atoms with van der Waals surface area (Å²) in [7, 11) is 1.63. The first kappa shape index (κ1) is 35.1. The van der Waals surface area contributed by atoms with Crippen molar-refractivity contribution >= 4 is 40.7 Å². The minimum atomic E-state index is -1.06. The summed E-state index contributed by atoms with van der Waals surface area (Å²) in [6.07, 6.45) is -0.797. The van der Waals surface area contributed by atoms with Crippen molar-refractivity contribution in [3.8, 4) is 10.4 Å². The fraction of sp³-hybridized carbons (Fsp3) is 0.567. The molecule has 0 saturated carbocycles. The fourth-order valence-electron chi connectivity index (χ4n) is 4.74. The number of carboxylic acid groups (broad SMARTS) is 1. The van der Waals surface area contributed by atoms with Crippen molar-refractivity contribution in [2.24, 2.45) is 5.41 Å². The van der Waals surface area contributed by atoms with Gasteiger partial charge in [-0.15, -0.1) is 11.3 Å². The molecule has 0 radical (unpaired) electrons. The van der Waals surface area contributed by atoms with Crippen molar-refractivity contribution in [3.05, 3.63) is 35.5 Å². The molecular formula is C30H42N4O9S. The Kier molecular flexibility index (Phi) is 12.8. The molecule has 242 valence electrons. The maximum absolute atomic E-state index is 13.8. The van der Waals surface area contributed by atoms with Crippen LogP contribution in [0.4, 0.5) is 5.69 Å². The van der Waals surface area contributed by atoms with E-state index in [1.54, 1.807) is 33.3 Å². The van der Waals surface area contributed by atoms with E-state index < -0.39 is 48.0 Å². The van der Waals surface area contributed by atoms with Gasteiger partial charge in [0, 0.05) is 25.7 Å². The Balaban J connectivity index is 1.58. The number of aliphatic carboxylic acids is 1. The number of hydrogen-bond acceptors (Lipinski definition) is 10. The molecule has 2 heterocycles. The van der Waals surface area contributed by atoms with Gasteiger partial charge in [-0.3, -0.25) is 14.4 Å². The molecule has 0 spiro atoms. The van der Waals surface area contributed by atoms with Crippen LogP contribution in [0.25, 0.3) is 10.4 Å². The van der Waals surface area contributed by atoms with Crippen LogP contribution in [0.2, 0.25) is 0 Å². The predicted molar refractivity (Wildman–Crippen MR) is 163 cm³/mol. The lowest BCUT2D eigenvalue weighted by Crippen LogP contribution is -2.58. The van der Waals surface area contributed by atoms with Gasteiger partial charge in [0.15, 0.2) is 0 Å². The summed E-state index contributed by atoms with van der Waals surface area (Å²) in [6, 6.07) is 5.63. The Morgan fingerprint density at radius 3 is 2.25 bits per heavy atom. The number of benzene rings is 1. The zero-order chi connectivity index (χ0) is 32.4. The minimum Gasteiger partial charge on any atom is -0.480 e. The minimum absolute atomic E-state index is 0.0286. The maximum Gasteiger partial charge on any atom is 0.329 e. The fourth-order valence-corrected chi connectivity index (χ4v) is 5.55. The number of aryl methyl sites for hydroxylation is 1. The van der Waals surface area contributed by atoms with Crippen LogP contribution in [0, 0.1) is 12.3 Å². The number of anilines is 1. The third-order valence-corrected chi connectivity index (χ3v) is 8.04. The van der Waals surface area contributed by atoms with Crippen molar-refractivity contribution in [1.29, 1.82) is 0 Å². The number of carbonyl (C=O) groups excluding carboxylic acids is 3. The third-order valence-electron chi connectivity index (χ3n) is 7.06. The van der Waals surface area contributed by atoms with Gasteiger partial charge in [0.05, 0.1) is 48.6 Å². The first-order chi connectivity index (χ1) is 20.8. The van der Waals surface area contributed by atoms with Crippen LogP contribution in [0.1, 0.15) is 32.9 Å². The number of nitrogens with one attached hydrogen (secondary N) is 1. The number of hydrogen-bond donors (Lipinski definition) is 3. The van der Waals surface area contributed by atoms with E-state index in [4.69, 9.17) is 19.3 Å². The standard InChI is InChI=1S/C30H42N4O9S/c1-19-26(44-18-31-19)20-6-8-21(9-7-20)33(5)28(39)23-14-22(35)15-34(23)29(40)27(30(2,3)4)32-24(36)16-42-12-10-41-11-13-43-17-25(37)38/h6-9,18,22-23,27,35H,10-17H2,1-5H3,(H,32,36)(H,37,38)/t22-,23+,27-/m1/s1. The normalized spacial score (nSPS) is 17.4. The molecule has 3 atom stereocenters. The molecule has 3 rings (SSSR count). The van der Waals surface area contributed by atoms with E-state index in [0.29, 0.717) is 5.69 Å². The number of nitrogens with zero attached hydrogens (tertiary/aromatic N) is 3. The summed E-state index contributed by atoms with van der Waals surface area (Å²) in [4.78, 5) is 58.7. The highest BCUT2D eigenvalue weighted by Gasteiger charge is 2.45. The molecule has 0 aliphatic carbocycles. The zero-order valence-corrected chi connectivity index (χ0v) is 26.6. The number of ether oxygens (including phenoxy) is 3. The van der Waals surface area contributed by atoms with Crippen LogP contribution in [-0.4, -0.2) is 115 Å². The quantitative estimate of drug-likeness (QED) is 0.245. The molecule has 1 aliphatic heterocycles. The number of likely N-dealkylation sites (tertiary alicyclic amines) is 1. The van der Waals surface area contributed by atoms with Gasteiger partial charge in [-0.05, 0) is 30.0 Å². The van der Waals surface area contributed by atoms with Crippen molar-refractivity contribution in [2.75, 3.05) is 58.1 Å². The Bertz CT molecular complexity index is 1280. The highest BCUT2D eigenvalue weighted by atomic mass is 32.1. The summed E-state index contributed by atoms with van der Waals surface area (Å²) < 4.78 is 15.5. The van der Waals surface area contributed by atoms with E-state index in [1.165, 1.54) is 21.1 Å². The number of likely N-dealkylation sites (N-methyl/N-ethyl adjacent to an activating group) is 1. The molecule has 1 aromatic heterocycles. The average molecular weight is 635 g/mol. The lowest BCUT2D eigenvalue weighted by atomic mass is 9.85. The lowest BCUT2D eigenvalue weighted by Gasteiger charge is -2.36. The Hall–Kier alpha value is -3.43. The highest BCUT2D eigenvalue weighted by Crippen LogP contribution is 2.31. The number of carbonyl (C=O) groups is 4. The first-order valence-corrected chi connectivity index (χ1v) is 15.2. The van der Waals surface area contributed by atoms with Gasteiger partial charge in [-0.25, -0.2) is 9.78 Å². The molecule has 1 saturated heterocycles. The molecular weight excluding hydrogens is 592 g/mol. The molecule has 2 aromatic rings. The van der Waals surface area contributed by atoms with Gasteiger partial charge < -0.3 is 39.5 Å². The number of β-amino-alcohol motifs (C(OH)–C–C–N with tert-alkyl or cyclic N) is 1. The largest absolute Gasteiger partial charge is 0.480 e. The lowest BCUT2D eigenvalue weighted by molar-refractivity contribution is -0.144. The number of aromatic nitrogens is 1. The second kappa shape index (κ2) is 16.0. The second-order valence-corrected chi connectivity index (χ2v) is 12.4. The molecule has 0 bridgehead atoms. The average Bonchev–Trinajstić information content (AvgIpc) is 3.58. The van der Waals surface area contributed by atoms with Crippen LogP contribution in [0.3, 0.4) is 0 Å². The molecule has 3 N–H and O–H groups in total. The Labute approximate surface area is 261 Å². The second-order valence-electron chi connectivity index (χ2n) is 11.6. The summed E-state index contributed by atoms with van der Waals surface area (Å²) in [5, 5.41) is 21.8. The van der Waals surface area contributed by atoms with Gasteiger partial charge in [0.1, 0.15) is 25.3 Å². The van der Waals surface area contributed by atoms with E-state index in [1.807, 2.05) is 31.2 Å². The molecule has 0 unspecified atom stereocenters. The molecule has 1 fully saturated rings. The molecule has 3 amide bonds. The zero-order valence-electron chi connectivity index (χ0n) is 25.8. The molecule has 1 aliphatic rings. The predicted octanol–water partition coefficient (Wildman–Crippen LogP) is 1.71. The van der Waals surface area contributed by atoms with Crippen molar-refractivity contribution in [3.63, 3.8) is 0 Å². The van der Waals surface area contributed by atoms with Gasteiger partial charge in [0.2, 0.25) is 17.7 Å². The van der Waals surface area contributed by atoms with Gasteiger partial charge in [-0.2, -0.15) is 0 Å². The molecule has 1 aromatic carbocycles. The van der Waals surface area contributed by atoms with Gasteiger partial charge in [-0.1, -0.05) is 32.9 Å². The SMILES string of the molecule is Cc1ncsc1-c1ccc(N(C)C(=O)[C@@H]2C[C@@H](O)CN2C(=O)[C@@H](NC(=O)COCCOCCOCC(=O)O)C(C)(C)C)cc1. The van der Waals surface area contributed by atoms with E-state index in [2.05, 4.69) is 10.3 Å². The smallest absolute Gasteiger partial charge is 0.329 e. The van der Waals surface area contributed by atoms with Crippen LogP contribution in [0.15, 0.2) is 29.8 Å². The number of thiazole rings is 1. The van der Waals surface area contributed by atoms with Crippen LogP contribution in [-0.2, 0) is 33.4 Å². The summed E-state index contributed by atoms with van der Waals surface area (Å²) in [5.74, 6) is -2.38. The van der Waals surface area contributed by atoms with Crippen molar-refractivity contribution in [2.45, 2.75) is 52.3 Å². The Morgan fingerprint density at radius 1 is 1.07 bits per heavy atom. The van der Waals surface area contributed by atoms with Gasteiger partial charge >= 0.3 is 5.97 Å². The van der Waals surface area contributed by atoms with Crippen LogP contribution >= 0.6 is 11.3 Å². The van der Waals surface area contributed by atoms with Gasteiger partial charge in [0.25, 0.3) is 0 Å². The molecule has 13 nitrogen and oxygen atoms in total. The third kappa shape index (κ3) is 9.79. The van der Waals surface area contributed by atoms with E-state index in [0.717, 1.165) is 16.1 Å². The number of carboxylic acids is 1. The topological polar surface area (TPSA) is 168 Å². The van der Waals surface area contributed by atoms with Crippen LogP contribution < -0.4 is 10.2 Å². The number of rotatable bonds is 15. The number of aliphatic hydroxyl groups excluding tert-OH is 1. The number of amides is 3. The molecule has 14 heteroatoms. The monoisotopic (exact) mass is 634 g/mol. The van der Waals surface area contributed by atoms with E-state index in [9.17, 15) is 24.3 Å².